The summed E-state index contributed by atoms with van der Waals surface area (Å²) in [5.41, 5.74) is 4.56. The fourth-order valence-electron chi connectivity index (χ4n) is 2.71. The van der Waals surface area contributed by atoms with Gasteiger partial charge in [0.1, 0.15) is 18.1 Å². The van der Waals surface area contributed by atoms with E-state index in [1.165, 1.54) is 5.56 Å². The summed E-state index contributed by atoms with van der Waals surface area (Å²) in [6, 6.07) is 22.5. The van der Waals surface area contributed by atoms with E-state index in [1.807, 2.05) is 43.3 Å². The van der Waals surface area contributed by atoms with Crippen LogP contribution in [0.1, 0.15) is 23.6 Å². The number of anilines is 1. The first-order valence-electron chi connectivity index (χ1n) is 9.07. The van der Waals surface area contributed by atoms with Gasteiger partial charge in [-0.05, 0) is 61.9 Å². The van der Waals surface area contributed by atoms with Crippen LogP contribution in [0, 0.1) is 6.92 Å². The highest BCUT2D eigenvalue weighted by Crippen LogP contribution is 2.26. The Morgan fingerprint density at radius 1 is 0.889 bits per heavy atom. The molecule has 140 valence electrons. The van der Waals surface area contributed by atoms with Crippen molar-refractivity contribution in [3.63, 3.8) is 0 Å². The van der Waals surface area contributed by atoms with Gasteiger partial charge in [-0.25, -0.2) is 0 Å². The maximum atomic E-state index is 6.08. The standard InChI is InChI=1S/C23H24BrNO2/c1-3-26-22-11-9-21(10-12-22)25-15-19-14-20(24)8-13-23(19)27-16-18-6-4-17(2)5-7-18/h4-14,25H,3,15-16H2,1-2H3. The van der Waals surface area contributed by atoms with Crippen molar-refractivity contribution in [1.29, 1.82) is 0 Å². The number of ether oxygens (including phenoxy) is 2. The second-order valence-electron chi connectivity index (χ2n) is 6.34. The van der Waals surface area contributed by atoms with Crippen LogP contribution in [0.3, 0.4) is 0 Å². The van der Waals surface area contributed by atoms with Crippen LogP contribution in [0.5, 0.6) is 11.5 Å². The number of nitrogens with one attached hydrogen (secondary N) is 1. The Morgan fingerprint density at radius 3 is 2.33 bits per heavy atom. The number of halogens is 1. The molecule has 0 aromatic heterocycles. The second-order valence-corrected chi connectivity index (χ2v) is 7.25. The van der Waals surface area contributed by atoms with Crippen LogP contribution in [0.15, 0.2) is 71.2 Å². The molecule has 0 atom stereocenters. The van der Waals surface area contributed by atoms with Crippen LogP contribution in [0.2, 0.25) is 0 Å². The predicted octanol–water partition coefficient (Wildman–Crippen LogP) is 6.35. The topological polar surface area (TPSA) is 30.5 Å². The van der Waals surface area contributed by atoms with Crippen molar-refractivity contribution in [2.24, 2.45) is 0 Å². The third kappa shape index (κ3) is 5.76. The van der Waals surface area contributed by atoms with E-state index in [1.54, 1.807) is 0 Å². The van der Waals surface area contributed by atoms with Crippen LogP contribution in [-0.2, 0) is 13.2 Å². The molecule has 0 heterocycles. The molecule has 3 nitrogen and oxygen atoms in total. The second kappa shape index (κ2) is 9.47. The zero-order chi connectivity index (χ0) is 19.1. The van der Waals surface area contributed by atoms with Crippen LogP contribution in [-0.4, -0.2) is 6.61 Å². The molecule has 0 aliphatic carbocycles. The number of rotatable bonds is 8. The smallest absolute Gasteiger partial charge is 0.124 e. The van der Waals surface area contributed by atoms with Crippen LogP contribution < -0.4 is 14.8 Å². The highest BCUT2D eigenvalue weighted by atomic mass is 79.9. The van der Waals surface area contributed by atoms with E-state index in [0.29, 0.717) is 19.8 Å². The van der Waals surface area contributed by atoms with Gasteiger partial charge in [-0.3, -0.25) is 0 Å². The normalized spacial score (nSPS) is 10.5. The van der Waals surface area contributed by atoms with Crippen molar-refractivity contribution >= 4 is 21.6 Å². The molecule has 0 bridgehead atoms. The van der Waals surface area contributed by atoms with Crippen LogP contribution >= 0.6 is 15.9 Å². The van der Waals surface area contributed by atoms with Crippen molar-refractivity contribution in [2.75, 3.05) is 11.9 Å². The summed E-state index contributed by atoms with van der Waals surface area (Å²) in [7, 11) is 0. The third-order valence-electron chi connectivity index (χ3n) is 4.19. The minimum absolute atomic E-state index is 0.554. The molecule has 0 spiro atoms. The van der Waals surface area contributed by atoms with Crippen molar-refractivity contribution in [1.82, 2.24) is 0 Å². The molecule has 0 aliphatic heterocycles. The quantitative estimate of drug-likeness (QED) is 0.456. The molecule has 1 N–H and O–H groups in total. The SMILES string of the molecule is CCOc1ccc(NCc2cc(Br)ccc2OCc2ccc(C)cc2)cc1. The lowest BCUT2D eigenvalue weighted by Crippen LogP contribution is -2.04. The Balaban J connectivity index is 1.65. The van der Waals surface area contributed by atoms with Gasteiger partial charge in [-0.1, -0.05) is 45.8 Å². The summed E-state index contributed by atoms with van der Waals surface area (Å²) >= 11 is 3.55. The first-order chi connectivity index (χ1) is 13.1. The lowest BCUT2D eigenvalue weighted by Gasteiger charge is -2.14. The van der Waals surface area contributed by atoms with E-state index in [4.69, 9.17) is 9.47 Å². The first-order valence-corrected chi connectivity index (χ1v) is 9.87. The summed E-state index contributed by atoms with van der Waals surface area (Å²) in [5, 5.41) is 3.45. The Morgan fingerprint density at radius 2 is 1.63 bits per heavy atom. The minimum Gasteiger partial charge on any atom is -0.494 e. The Kier molecular flexibility index (Phi) is 6.77. The van der Waals surface area contributed by atoms with E-state index in [9.17, 15) is 0 Å². The van der Waals surface area contributed by atoms with E-state index < -0.39 is 0 Å². The number of hydrogen-bond acceptors (Lipinski definition) is 3. The highest BCUT2D eigenvalue weighted by Gasteiger charge is 2.06. The molecule has 0 radical (unpaired) electrons. The zero-order valence-electron chi connectivity index (χ0n) is 15.7. The summed E-state index contributed by atoms with van der Waals surface area (Å²) < 4.78 is 12.6. The van der Waals surface area contributed by atoms with Gasteiger partial charge in [0.2, 0.25) is 0 Å². The van der Waals surface area contributed by atoms with Crippen molar-refractivity contribution < 1.29 is 9.47 Å². The molecule has 27 heavy (non-hydrogen) atoms. The summed E-state index contributed by atoms with van der Waals surface area (Å²) in [4.78, 5) is 0. The number of benzene rings is 3. The van der Waals surface area contributed by atoms with E-state index in [-0.39, 0.29) is 0 Å². The monoisotopic (exact) mass is 425 g/mol. The largest absolute Gasteiger partial charge is 0.494 e. The van der Waals surface area contributed by atoms with Gasteiger partial charge in [0, 0.05) is 22.3 Å². The average Bonchev–Trinajstić information content (AvgIpc) is 2.68. The summed E-state index contributed by atoms with van der Waals surface area (Å²) in [6.45, 7) is 5.97. The van der Waals surface area contributed by atoms with Crippen LogP contribution in [0.4, 0.5) is 5.69 Å². The molecule has 3 aromatic carbocycles. The molecule has 0 saturated carbocycles. The Labute approximate surface area is 169 Å². The lowest BCUT2D eigenvalue weighted by atomic mass is 10.1. The van der Waals surface area contributed by atoms with E-state index in [0.717, 1.165) is 32.8 Å². The summed E-state index contributed by atoms with van der Waals surface area (Å²) in [6.07, 6.45) is 0. The van der Waals surface area contributed by atoms with E-state index >= 15 is 0 Å². The Bertz CT molecular complexity index is 861. The molecule has 0 fully saturated rings. The van der Waals surface area contributed by atoms with Gasteiger partial charge in [0.15, 0.2) is 0 Å². The van der Waals surface area contributed by atoms with Gasteiger partial charge in [-0.2, -0.15) is 0 Å². The van der Waals surface area contributed by atoms with Crippen molar-refractivity contribution in [3.05, 3.63) is 87.9 Å². The third-order valence-corrected chi connectivity index (χ3v) is 4.68. The summed E-state index contributed by atoms with van der Waals surface area (Å²) in [5.74, 6) is 1.77. The number of aryl methyl sites for hydroxylation is 1. The fourth-order valence-corrected chi connectivity index (χ4v) is 3.11. The molecule has 4 heteroatoms. The van der Waals surface area contributed by atoms with Gasteiger partial charge >= 0.3 is 0 Å². The highest BCUT2D eigenvalue weighted by molar-refractivity contribution is 9.10. The maximum absolute atomic E-state index is 6.08. The zero-order valence-corrected chi connectivity index (χ0v) is 17.3. The first kappa shape index (κ1) is 19.3. The molecule has 0 unspecified atom stereocenters. The van der Waals surface area contributed by atoms with Crippen molar-refractivity contribution in [3.8, 4) is 11.5 Å². The van der Waals surface area contributed by atoms with Gasteiger partial charge in [-0.15, -0.1) is 0 Å². The minimum atomic E-state index is 0.554. The molecule has 0 amide bonds. The lowest BCUT2D eigenvalue weighted by molar-refractivity contribution is 0.303. The van der Waals surface area contributed by atoms with Gasteiger partial charge < -0.3 is 14.8 Å². The van der Waals surface area contributed by atoms with Gasteiger partial charge in [0.05, 0.1) is 6.61 Å². The Hall–Kier alpha value is -2.46. The molecule has 0 saturated heterocycles. The maximum Gasteiger partial charge on any atom is 0.124 e. The van der Waals surface area contributed by atoms with Crippen molar-refractivity contribution in [2.45, 2.75) is 27.0 Å². The average molecular weight is 426 g/mol. The molecular weight excluding hydrogens is 402 g/mol. The number of hydrogen-bond donors (Lipinski definition) is 1. The molecule has 0 aliphatic rings. The van der Waals surface area contributed by atoms with Crippen LogP contribution in [0.25, 0.3) is 0 Å². The van der Waals surface area contributed by atoms with Gasteiger partial charge in [0.25, 0.3) is 0 Å². The molecule has 3 aromatic rings. The van der Waals surface area contributed by atoms with E-state index in [2.05, 4.69) is 58.5 Å². The molecule has 3 rings (SSSR count). The fraction of sp³-hybridized carbons (Fsp3) is 0.217. The molecular formula is C23H24BrNO2. The predicted molar refractivity (Wildman–Crippen MR) is 115 cm³/mol.